The van der Waals surface area contributed by atoms with Gasteiger partial charge in [0.25, 0.3) is 6.43 Å². The van der Waals surface area contributed by atoms with Crippen molar-refractivity contribution in [1.29, 1.82) is 0 Å². The third-order valence-corrected chi connectivity index (χ3v) is 5.95. The Morgan fingerprint density at radius 1 is 1.16 bits per heavy atom. The lowest BCUT2D eigenvalue weighted by atomic mass is 9.98. The number of ether oxygens (including phenoxy) is 1. The highest BCUT2D eigenvalue weighted by Gasteiger charge is 2.38. The van der Waals surface area contributed by atoms with Crippen molar-refractivity contribution in [2.75, 3.05) is 30.0 Å². The van der Waals surface area contributed by atoms with Crippen molar-refractivity contribution < 1.29 is 18.6 Å². The number of fused-ring (bicyclic) bond motifs is 4. The van der Waals surface area contributed by atoms with Gasteiger partial charge < -0.3 is 20.1 Å². The molecule has 0 saturated carbocycles. The maximum atomic E-state index is 13.5. The van der Waals surface area contributed by atoms with Gasteiger partial charge in [0, 0.05) is 48.2 Å². The Balaban J connectivity index is 1.44. The van der Waals surface area contributed by atoms with Crippen LogP contribution in [0.25, 0.3) is 27.8 Å². The number of nitrogens with zero attached hydrogens (tertiary/aromatic N) is 6. The second-order valence-corrected chi connectivity index (χ2v) is 7.95. The van der Waals surface area contributed by atoms with Gasteiger partial charge >= 0.3 is 0 Å². The van der Waals surface area contributed by atoms with Crippen LogP contribution in [0.5, 0.6) is 0 Å². The molecule has 2 N–H and O–H groups in total. The van der Waals surface area contributed by atoms with Gasteiger partial charge in [0.05, 0.1) is 24.1 Å². The second-order valence-electron chi connectivity index (χ2n) is 7.95. The topological polar surface area (TPSA) is 101 Å². The Morgan fingerprint density at radius 2 is 1.97 bits per heavy atom. The van der Waals surface area contributed by atoms with Crippen molar-refractivity contribution in [1.82, 2.24) is 24.6 Å². The number of aliphatic hydroxyl groups excluding tert-OH is 1. The van der Waals surface area contributed by atoms with E-state index >= 15 is 0 Å². The Hall–Kier alpha value is -3.44. The molecule has 0 aliphatic carbocycles. The summed E-state index contributed by atoms with van der Waals surface area (Å²) in [6.45, 7) is 1.36. The average Bonchev–Trinajstić information content (AvgIpc) is 3.21. The molecule has 7 rings (SSSR count). The lowest BCUT2D eigenvalue weighted by Gasteiger charge is -2.47. The molecule has 7 heterocycles. The summed E-state index contributed by atoms with van der Waals surface area (Å²) < 4.78 is 34.4. The summed E-state index contributed by atoms with van der Waals surface area (Å²) in [5.74, 6) is 0.719. The molecule has 11 heteroatoms. The second kappa shape index (κ2) is 7.31. The van der Waals surface area contributed by atoms with E-state index in [2.05, 4.69) is 30.3 Å². The molecule has 0 aromatic carbocycles. The van der Waals surface area contributed by atoms with E-state index in [0.29, 0.717) is 28.2 Å². The minimum absolute atomic E-state index is 0.216. The number of hydrogen-bond donors (Lipinski definition) is 2. The molecule has 3 aliphatic heterocycles. The van der Waals surface area contributed by atoms with E-state index in [0.717, 1.165) is 25.2 Å². The zero-order chi connectivity index (χ0) is 21.8. The predicted octanol–water partition coefficient (Wildman–Crippen LogP) is 2.62. The normalized spacial score (nSPS) is 20.2. The van der Waals surface area contributed by atoms with Gasteiger partial charge in [0.15, 0.2) is 11.5 Å². The van der Waals surface area contributed by atoms with Crippen LogP contribution in [0.15, 0.2) is 36.8 Å². The molecule has 164 valence electrons. The summed E-state index contributed by atoms with van der Waals surface area (Å²) >= 11 is 0. The molecule has 2 atom stereocenters. The van der Waals surface area contributed by atoms with Gasteiger partial charge in [-0.2, -0.15) is 0 Å². The first-order valence-electron chi connectivity index (χ1n) is 10.3. The third-order valence-electron chi connectivity index (χ3n) is 5.95. The van der Waals surface area contributed by atoms with Gasteiger partial charge in [-0.15, -0.1) is 5.10 Å². The number of morpholine rings is 1. The standard InChI is InChI=1S/C21H19F2N7O2/c22-20(23)19-15-5-24-17(26-10-31)4-14(15)16(6-25-19)21-27-18-2-1-11(7-30(18)28-21)29-8-12-3-13(9-29)32-12/h1-2,4-7,12-13,20,31H,3,8-10H2,(H,24,26). The van der Waals surface area contributed by atoms with Gasteiger partial charge in [0.1, 0.15) is 18.2 Å². The lowest BCUT2D eigenvalue weighted by molar-refractivity contribution is -0.133. The van der Waals surface area contributed by atoms with E-state index in [-0.39, 0.29) is 30.0 Å². The number of hydrogen-bond acceptors (Lipinski definition) is 8. The molecule has 4 aromatic heterocycles. The van der Waals surface area contributed by atoms with E-state index < -0.39 is 6.43 Å². The van der Waals surface area contributed by atoms with Gasteiger partial charge in [0.2, 0.25) is 0 Å². The Kier molecular flexibility index (Phi) is 4.40. The molecule has 0 amide bonds. The van der Waals surface area contributed by atoms with Crippen molar-refractivity contribution in [3.8, 4) is 11.4 Å². The number of aliphatic hydroxyl groups is 1. The maximum absolute atomic E-state index is 13.5. The third kappa shape index (κ3) is 3.12. The van der Waals surface area contributed by atoms with E-state index in [1.165, 1.54) is 12.4 Å². The SMILES string of the molecule is OCNc1cc2c(-c3nc4ccc(N5CC6CC(C5)O6)cn4n3)cnc(C(F)F)c2cn1. The molecular formula is C21H19F2N7O2. The van der Waals surface area contributed by atoms with Crippen LogP contribution in [0.4, 0.5) is 20.3 Å². The number of halogens is 2. The summed E-state index contributed by atoms with van der Waals surface area (Å²) in [7, 11) is 0. The number of pyridine rings is 3. The molecule has 2 unspecified atom stereocenters. The molecule has 3 fully saturated rings. The molecule has 2 bridgehead atoms. The molecule has 3 aliphatic rings. The lowest BCUT2D eigenvalue weighted by Crippen LogP contribution is -2.57. The van der Waals surface area contributed by atoms with Crippen LogP contribution in [0.1, 0.15) is 18.5 Å². The highest BCUT2D eigenvalue weighted by atomic mass is 19.3. The summed E-state index contributed by atoms with van der Waals surface area (Å²) in [6, 6.07) is 5.48. The summed E-state index contributed by atoms with van der Waals surface area (Å²) in [5.41, 5.74) is 1.81. The van der Waals surface area contributed by atoms with Gasteiger partial charge in [-0.1, -0.05) is 0 Å². The zero-order valence-electron chi connectivity index (χ0n) is 16.8. The molecule has 0 spiro atoms. The maximum Gasteiger partial charge on any atom is 0.281 e. The largest absolute Gasteiger partial charge is 0.377 e. The van der Waals surface area contributed by atoms with Crippen LogP contribution < -0.4 is 10.2 Å². The van der Waals surface area contributed by atoms with E-state index in [4.69, 9.17) is 9.84 Å². The number of piperidine rings is 1. The van der Waals surface area contributed by atoms with Crippen molar-refractivity contribution in [3.63, 3.8) is 0 Å². The minimum atomic E-state index is -2.75. The Labute approximate surface area is 180 Å². The van der Waals surface area contributed by atoms with E-state index in [1.807, 2.05) is 18.3 Å². The quantitative estimate of drug-likeness (QED) is 0.458. The smallest absolute Gasteiger partial charge is 0.281 e. The molecule has 3 saturated heterocycles. The van der Waals surface area contributed by atoms with Crippen molar-refractivity contribution >= 4 is 27.9 Å². The molecule has 9 nitrogen and oxygen atoms in total. The highest BCUT2D eigenvalue weighted by molar-refractivity contribution is 5.97. The van der Waals surface area contributed by atoms with Crippen molar-refractivity contribution in [2.24, 2.45) is 0 Å². The summed E-state index contributed by atoms with van der Waals surface area (Å²) in [4.78, 5) is 14.9. The van der Waals surface area contributed by atoms with Crippen molar-refractivity contribution in [3.05, 3.63) is 42.5 Å². The van der Waals surface area contributed by atoms with Crippen LogP contribution in [-0.2, 0) is 4.74 Å². The monoisotopic (exact) mass is 439 g/mol. The average molecular weight is 439 g/mol. The van der Waals surface area contributed by atoms with Gasteiger partial charge in [-0.05, 0) is 18.2 Å². The number of nitrogens with one attached hydrogen (secondary N) is 1. The minimum Gasteiger partial charge on any atom is -0.377 e. The fourth-order valence-corrected chi connectivity index (χ4v) is 4.43. The van der Waals surface area contributed by atoms with Crippen LogP contribution in [0.2, 0.25) is 0 Å². The highest BCUT2D eigenvalue weighted by Crippen LogP contribution is 2.34. The van der Waals surface area contributed by atoms with Crippen molar-refractivity contribution in [2.45, 2.75) is 25.1 Å². The van der Waals surface area contributed by atoms with E-state index in [1.54, 1.807) is 10.6 Å². The van der Waals surface area contributed by atoms with Crippen LogP contribution in [0.3, 0.4) is 0 Å². The summed E-state index contributed by atoms with van der Waals surface area (Å²) in [6.07, 6.45) is 3.54. The van der Waals surface area contributed by atoms with Crippen LogP contribution >= 0.6 is 0 Å². The summed E-state index contributed by atoms with van der Waals surface area (Å²) in [5, 5.41) is 17.1. The number of alkyl halides is 2. The van der Waals surface area contributed by atoms with Crippen LogP contribution in [-0.4, -0.2) is 61.7 Å². The first-order chi connectivity index (χ1) is 15.6. The predicted molar refractivity (Wildman–Crippen MR) is 113 cm³/mol. The van der Waals surface area contributed by atoms with Gasteiger partial charge in [-0.25, -0.2) is 23.3 Å². The molecular weight excluding hydrogens is 420 g/mol. The first-order valence-corrected chi connectivity index (χ1v) is 10.3. The Bertz CT molecular complexity index is 1310. The van der Waals surface area contributed by atoms with Crippen LogP contribution in [0, 0.1) is 0 Å². The fourth-order valence-electron chi connectivity index (χ4n) is 4.43. The number of aromatic nitrogens is 5. The molecule has 0 radical (unpaired) electrons. The fraction of sp³-hybridized carbons (Fsp3) is 0.333. The molecule has 32 heavy (non-hydrogen) atoms. The first kappa shape index (κ1) is 19.3. The van der Waals surface area contributed by atoms with Gasteiger partial charge in [-0.3, -0.25) is 4.98 Å². The van der Waals surface area contributed by atoms with E-state index in [9.17, 15) is 8.78 Å². The number of rotatable bonds is 5. The number of anilines is 2. The molecule has 4 aromatic rings. The Morgan fingerprint density at radius 3 is 2.72 bits per heavy atom. The zero-order valence-corrected chi connectivity index (χ0v) is 16.8.